The molecule has 3 heteroatoms. The molecule has 3 atom stereocenters. The van der Waals surface area contributed by atoms with Gasteiger partial charge in [-0.3, -0.25) is 4.79 Å². The Morgan fingerprint density at radius 2 is 1.50 bits per heavy atom. The van der Waals surface area contributed by atoms with Crippen LogP contribution in [0.4, 0.5) is 0 Å². The van der Waals surface area contributed by atoms with E-state index in [1.807, 2.05) is 31.2 Å². The summed E-state index contributed by atoms with van der Waals surface area (Å²) in [4.78, 5) is 13.7. The third-order valence-corrected chi connectivity index (χ3v) is 6.63. The quantitative estimate of drug-likeness (QED) is 0.332. The third kappa shape index (κ3) is 3.63. The highest BCUT2D eigenvalue weighted by molar-refractivity contribution is 5.84. The van der Waals surface area contributed by atoms with Crippen LogP contribution < -0.4 is 0 Å². The number of allylic oxidation sites excluding steroid dienone is 2. The number of ether oxygens (including phenoxy) is 1. The van der Waals surface area contributed by atoms with E-state index in [0.29, 0.717) is 6.42 Å². The van der Waals surface area contributed by atoms with Crippen LogP contribution in [-0.2, 0) is 9.53 Å². The van der Waals surface area contributed by atoms with Gasteiger partial charge >= 0.3 is 5.97 Å². The molecule has 2 aliphatic carbocycles. The minimum atomic E-state index is -1.07. The summed E-state index contributed by atoms with van der Waals surface area (Å²) in [5.41, 5.74) is 3.68. The van der Waals surface area contributed by atoms with Crippen molar-refractivity contribution in [2.24, 2.45) is 5.41 Å². The fraction of sp³-hybridized carbons (Fsp3) is 0.370. The Balaban J connectivity index is 1.69. The van der Waals surface area contributed by atoms with Gasteiger partial charge in [0.1, 0.15) is 0 Å². The molecule has 156 valence electrons. The highest BCUT2D eigenvalue weighted by Gasteiger charge is 2.51. The summed E-state index contributed by atoms with van der Waals surface area (Å²) < 4.78 is 5.67. The number of rotatable bonds is 8. The first-order valence-corrected chi connectivity index (χ1v) is 11.0. The minimum absolute atomic E-state index is 0.121. The molecular weight excluding hydrogens is 372 g/mol. The standard InChI is InChI=1S/C27H30O3/c1-3-4-5-14-25(28)30-26(29)27(2,23-17-15-19-10-6-8-12-21(19)23)24-18-16-20-11-7-9-13-22(20)24/h6-13,15-18,23-25,28H,3-5,14H2,1-2H3. The molecule has 0 amide bonds. The number of hydrogen-bond acceptors (Lipinski definition) is 3. The molecule has 0 radical (unpaired) electrons. The summed E-state index contributed by atoms with van der Waals surface area (Å²) in [7, 11) is 0. The van der Waals surface area contributed by atoms with Gasteiger partial charge in [-0.15, -0.1) is 0 Å². The topological polar surface area (TPSA) is 46.5 Å². The molecule has 0 aliphatic heterocycles. The zero-order valence-corrected chi connectivity index (χ0v) is 17.8. The molecule has 0 spiro atoms. The monoisotopic (exact) mass is 402 g/mol. The second-order valence-electron chi connectivity index (χ2n) is 8.57. The molecular formula is C27H30O3. The summed E-state index contributed by atoms with van der Waals surface area (Å²) in [6, 6.07) is 16.4. The van der Waals surface area contributed by atoms with E-state index in [4.69, 9.17) is 4.74 Å². The predicted octanol–water partition coefficient (Wildman–Crippen LogP) is 6.06. The highest BCUT2D eigenvalue weighted by atomic mass is 16.6. The molecule has 0 heterocycles. The zero-order chi connectivity index (χ0) is 21.1. The van der Waals surface area contributed by atoms with Gasteiger partial charge in [0, 0.05) is 18.3 Å². The van der Waals surface area contributed by atoms with Crippen molar-refractivity contribution in [3.63, 3.8) is 0 Å². The van der Waals surface area contributed by atoms with Gasteiger partial charge in [0.2, 0.25) is 6.29 Å². The van der Waals surface area contributed by atoms with Crippen LogP contribution in [0.15, 0.2) is 60.7 Å². The number of aliphatic hydroxyl groups excluding tert-OH is 1. The van der Waals surface area contributed by atoms with Gasteiger partial charge in [-0.2, -0.15) is 0 Å². The molecule has 1 N–H and O–H groups in total. The lowest BCUT2D eigenvalue weighted by atomic mass is 9.64. The molecule has 3 unspecified atom stereocenters. The molecule has 2 aromatic rings. The fourth-order valence-corrected chi connectivity index (χ4v) is 4.87. The Bertz CT molecular complexity index is 910. The van der Waals surface area contributed by atoms with Crippen LogP contribution in [0, 0.1) is 5.41 Å². The van der Waals surface area contributed by atoms with Gasteiger partial charge in [0.05, 0.1) is 5.41 Å². The second-order valence-corrected chi connectivity index (χ2v) is 8.57. The molecule has 0 bridgehead atoms. The van der Waals surface area contributed by atoms with Gasteiger partial charge < -0.3 is 9.84 Å². The molecule has 2 aliphatic rings. The number of carbonyl (C=O) groups is 1. The van der Waals surface area contributed by atoms with Crippen LogP contribution in [0.3, 0.4) is 0 Å². The maximum absolute atomic E-state index is 13.7. The lowest BCUT2D eigenvalue weighted by molar-refractivity contribution is -0.181. The number of aliphatic hydroxyl groups is 1. The van der Waals surface area contributed by atoms with Crippen molar-refractivity contribution >= 4 is 18.1 Å². The molecule has 0 saturated heterocycles. The largest absolute Gasteiger partial charge is 0.436 e. The molecule has 3 nitrogen and oxygen atoms in total. The molecule has 4 rings (SSSR count). The number of unbranched alkanes of at least 4 members (excludes halogenated alkanes) is 2. The summed E-state index contributed by atoms with van der Waals surface area (Å²) >= 11 is 0. The van der Waals surface area contributed by atoms with Crippen molar-refractivity contribution < 1.29 is 14.6 Å². The summed E-state index contributed by atoms with van der Waals surface area (Å²) in [6.07, 6.45) is 10.7. The van der Waals surface area contributed by atoms with E-state index in [0.717, 1.165) is 41.5 Å². The minimum Gasteiger partial charge on any atom is -0.436 e. The Labute approximate surface area is 179 Å². The van der Waals surface area contributed by atoms with Gasteiger partial charge in [0.25, 0.3) is 0 Å². The van der Waals surface area contributed by atoms with Crippen molar-refractivity contribution in [1.82, 2.24) is 0 Å². The predicted molar refractivity (Wildman–Crippen MR) is 121 cm³/mol. The Morgan fingerprint density at radius 1 is 0.967 bits per heavy atom. The fourth-order valence-electron chi connectivity index (χ4n) is 4.87. The smallest absolute Gasteiger partial charge is 0.315 e. The third-order valence-electron chi connectivity index (χ3n) is 6.63. The first-order chi connectivity index (χ1) is 14.6. The van der Waals surface area contributed by atoms with E-state index < -0.39 is 11.7 Å². The number of benzene rings is 2. The average molecular weight is 403 g/mol. The van der Waals surface area contributed by atoms with E-state index in [9.17, 15) is 9.90 Å². The molecule has 2 aromatic carbocycles. The van der Waals surface area contributed by atoms with Crippen molar-refractivity contribution in [2.45, 2.75) is 57.7 Å². The normalized spacial score (nSPS) is 21.7. The zero-order valence-electron chi connectivity index (χ0n) is 17.8. The summed E-state index contributed by atoms with van der Waals surface area (Å²) in [5.74, 6) is -0.584. The van der Waals surface area contributed by atoms with Crippen molar-refractivity contribution in [3.05, 3.63) is 82.9 Å². The van der Waals surface area contributed by atoms with Crippen LogP contribution in [0.25, 0.3) is 12.2 Å². The van der Waals surface area contributed by atoms with E-state index >= 15 is 0 Å². The van der Waals surface area contributed by atoms with E-state index in [1.54, 1.807) is 0 Å². The van der Waals surface area contributed by atoms with Gasteiger partial charge in [0.15, 0.2) is 0 Å². The molecule has 0 aromatic heterocycles. The molecule has 0 fully saturated rings. The average Bonchev–Trinajstić information content (AvgIpc) is 3.38. The molecule has 0 saturated carbocycles. The van der Waals surface area contributed by atoms with E-state index in [2.05, 4.69) is 55.5 Å². The lowest BCUT2D eigenvalue weighted by Gasteiger charge is -2.38. The number of carbonyl (C=O) groups excluding carboxylic acids is 1. The number of esters is 1. The van der Waals surface area contributed by atoms with Crippen molar-refractivity contribution in [2.75, 3.05) is 0 Å². The number of hydrogen-bond donors (Lipinski definition) is 1. The summed E-state index contributed by atoms with van der Waals surface area (Å²) in [5, 5.41) is 10.4. The van der Waals surface area contributed by atoms with Crippen molar-refractivity contribution in [1.29, 1.82) is 0 Å². The van der Waals surface area contributed by atoms with E-state index in [1.165, 1.54) is 0 Å². The Morgan fingerprint density at radius 3 is 2.03 bits per heavy atom. The summed E-state index contributed by atoms with van der Waals surface area (Å²) in [6.45, 7) is 4.10. The number of fused-ring (bicyclic) bond motifs is 2. The van der Waals surface area contributed by atoms with Crippen LogP contribution in [0.5, 0.6) is 0 Å². The van der Waals surface area contributed by atoms with Crippen LogP contribution >= 0.6 is 0 Å². The first-order valence-electron chi connectivity index (χ1n) is 11.0. The Kier molecular flexibility index (Phi) is 5.92. The van der Waals surface area contributed by atoms with Crippen LogP contribution in [0.1, 0.15) is 73.6 Å². The first kappa shape index (κ1) is 20.6. The second kappa shape index (κ2) is 8.61. The maximum atomic E-state index is 13.7. The van der Waals surface area contributed by atoms with Gasteiger partial charge in [-0.05, 0) is 35.6 Å². The maximum Gasteiger partial charge on any atom is 0.315 e. The van der Waals surface area contributed by atoms with Gasteiger partial charge in [-0.1, -0.05) is 92.6 Å². The Hall–Kier alpha value is -2.65. The lowest BCUT2D eigenvalue weighted by Crippen LogP contribution is -2.41. The van der Waals surface area contributed by atoms with Gasteiger partial charge in [-0.25, -0.2) is 0 Å². The van der Waals surface area contributed by atoms with E-state index in [-0.39, 0.29) is 17.8 Å². The molecule has 30 heavy (non-hydrogen) atoms. The SMILES string of the molecule is CCCCCC(O)OC(=O)C(C)(C1C=Cc2ccccc21)C1C=Cc2ccccc21. The highest BCUT2D eigenvalue weighted by Crippen LogP contribution is 2.54. The van der Waals surface area contributed by atoms with Crippen LogP contribution in [0.2, 0.25) is 0 Å². The van der Waals surface area contributed by atoms with Crippen LogP contribution in [-0.4, -0.2) is 17.4 Å². The van der Waals surface area contributed by atoms with Crippen molar-refractivity contribution in [3.8, 4) is 0 Å².